The Morgan fingerprint density at radius 3 is 2.65 bits per heavy atom. The second-order valence-corrected chi connectivity index (χ2v) is 7.77. The summed E-state index contributed by atoms with van der Waals surface area (Å²) in [4.78, 5) is 4.32. The highest BCUT2D eigenvalue weighted by molar-refractivity contribution is 9.10. The van der Waals surface area contributed by atoms with Crippen molar-refractivity contribution >= 4 is 37.3 Å². The van der Waals surface area contributed by atoms with Crippen LogP contribution < -0.4 is 4.72 Å². The Morgan fingerprint density at radius 1 is 1.40 bits per heavy atom. The highest BCUT2D eigenvalue weighted by Gasteiger charge is 2.23. The molecule has 0 bridgehead atoms. The number of aromatic nitrogens is 1. The Hall–Kier alpha value is -0.900. The van der Waals surface area contributed by atoms with E-state index in [4.69, 9.17) is 0 Å². The summed E-state index contributed by atoms with van der Waals surface area (Å²) < 4.78 is 52.7. The predicted molar refractivity (Wildman–Crippen MR) is 74.9 cm³/mol. The number of benzene rings is 1. The lowest BCUT2D eigenvalue weighted by Crippen LogP contribution is -2.24. The van der Waals surface area contributed by atoms with Gasteiger partial charge in [0, 0.05) is 21.6 Å². The first-order valence-corrected chi connectivity index (χ1v) is 8.44. The van der Waals surface area contributed by atoms with Gasteiger partial charge in [-0.15, -0.1) is 11.3 Å². The molecule has 0 radical (unpaired) electrons. The Balaban J connectivity index is 2.27. The first kappa shape index (κ1) is 15.5. The maximum atomic E-state index is 13.6. The number of hydrogen-bond donors (Lipinski definition) is 1. The van der Waals surface area contributed by atoms with E-state index in [-0.39, 0.29) is 11.0 Å². The fraction of sp³-hybridized carbons (Fsp3) is 0.182. The molecule has 1 aromatic heterocycles. The molecule has 0 aliphatic carbocycles. The summed E-state index contributed by atoms with van der Waals surface area (Å²) in [6.45, 7) is 1.79. The van der Waals surface area contributed by atoms with Crippen molar-refractivity contribution in [1.29, 1.82) is 0 Å². The molecule has 1 heterocycles. The van der Waals surface area contributed by atoms with Crippen molar-refractivity contribution in [2.75, 3.05) is 0 Å². The van der Waals surface area contributed by atoms with E-state index < -0.39 is 26.6 Å². The lowest BCUT2D eigenvalue weighted by molar-refractivity contribution is 0.540. The van der Waals surface area contributed by atoms with E-state index in [0.717, 1.165) is 10.9 Å². The molecular formula is C11H9BrF2N2O2S2. The molecule has 108 valence electrons. The Bertz CT molecular complexity index is 724. The molecule has 0 aliphatic heterocycles. The normalized spacial score (nSPS) is 11.8. The molecule has 1 aromatic carbocycles. The van der Waals surface area contributed by atoms with Crippen LogP contribution in [0.4, 0.5) is 8.78 Å². The van der Waals surface area contributed by atoms with Gasteiger partial charge in [-0.25, -0.2) is 26.9 Å². The van der Waals surface area contributed by atoms with E-state index in [2.05, 4.69) is 25.6 Å². The molecule has 2 aromatic rings. The number of aryl methyl sites for hydroxylation is 1. The minimum Gasteiger partial charge on any atom is -0.248 e. The van der Waals surface area contributed by atoms with Crippen molar-refractivity contribution in [2.24, 2.45) is 0 Å². The highest BCUT2D eigenvalue weighted by atomic mass is 79.9. The molecule has 0 atom stereocenters. The Morgan fingerprint density at radius 2 is 2.10 bits per heavy atom. The summed E-state index contributed by atoms with van der Waals surface area (Å²) in [5, 5.41) is 0.560. The second kappa shape index (κ2) is 5.84. The van der Waals surface area contributed by atoms with Crippen LogP contribution in [0.2, 0.25) is 0 Å². The van der Waals surface area contributed by atoms with Gasteiger partial charge in [0.2, 0.25) is 10.0 Å². The lowest BCUT2D eigenvalue weighted by atomic mass is 10.3. The molecule has 0 saturated heterocycles. The molecule has 1 N–H and O–H groups in total. The minimum absolute atomic E-state index is 0.0515. The van der Waals surface area contributed by atoms with Crippen LogP contribution >= 0.6 is 27.3 Å². The van der Waals surface area contributed by atoms with Crippen LogP contribution in [0.25, 0.3) is 0 Å². The van der Waals surface area contributed by atoms with Gasteiger partial charge in [0.1, 0.15) is 21.5 Å². The zero-order valence-electron chi connectivity index (χ0n) is 10.2. The molecule has 20 heavy (non-hydrogen) atoms. The average molecular weight is 383 g/mol. The van der Waals surface area contributed by atoms with Crippen LogP contribution in [0, 0.1) is 18.6 Å². The van der Waals surface area contributed by atoms with E-state index >= 15 is 0 Å². The second-order valence-electron chi connectivity index (χ2n) is 3.89. The van der Waals surface area contributed by atoms with E-state index in [1.54, 1.807) is 6.20 Å². The minimum atomic E-state index is -4.10. The average Bonchev–Trinajstić information content (AvgIpc) is 2.71. The standard InChI is InChI=1S/C11H9BrF2N2O2S2/c1-6-4-15-10(19-6)5-16-20(17,18)11-8(12)2-7(13)3-9(11)14/h2-4,16H,5H2,1H3. The Labute approximate surface area is 127 Å². The molecule has 0 fully saturated rings. The van der Waals surface area contributed by atoms with Crippen LogP contribution in [-0.4, -0.2) is 13.4 Å². The van der Waals surface area contributed by atoms with Gasteiger partial charge in [0.25, 0.3) is 0 Å². The molecule has 2 rings (SSSR count). The zero-order valence-corrected chi connectivity index (χ0v) is 13.4. The number of hydrogen-bond acceptors (Lipinski definition) is 4. The number of rotatable bonds is 4. The van der Waals surface area contributed by atoms with Crippen molar-refractivity contribution in [3.63, 3.8) is 0 Å². The summed E-state index contributed by atoms with van der Waals surface area (Å²) in [5.41, 5.74) is 0. The van der Waals surface area contributed by atoms with E-state index in [1.165, 1.54) is 11.3 Å². The summed E-state index contributed by atoms with van der Waals surface area (Å²) in [5.74, 6) is -2.01. The molecular weight excluding hydrogens is 374 g/mol. The van der Waals surface area contributed by atoms with Crippen molar-refractivity contribution < 1.29 is 17.2 Å². The fourth-order valence-electron chi connectivity index (χ4n) is 1.50. The van der Waals surface area contributed by atoms with Crippen LogP contribution in [-0.2, 0) is 16.6 Å². The van der Waals surface area contributed by atoms with E-state index in [1.807, 2.05) is 6.92 Å². The summed E-state index contributed by atoms with van der Waals surface area (Å²) in [7, 11) is -4.10. The van der Waals surface area contributed by atoms with Gasteiger partial charge in [0.05, 0.1) is 6.54 Å². The zero-order chi connectivity index (χ0) is 14.9. The maximum absolute atomic E-state index is 13.6. The topological polar surface area (TPSA) is 59.1 Å². The van der Waals surface area contributed by atoms with Gasteiger partial charge in [-0.3, -0.25) is 0 Å². The van der Waals surface area contributed by atoms with Gasteiger partial charge in [-0.2, -0.15) is 0 Å². The third-order valence-electron chi connectivity index (χ3n) is 2.31. The summed E-state index contributed by atoms with van der Waals surface area (Å²) in [6, 6.07) is 1.41. The number of nitrogens with zero attached hydrogens (tertiary/aromatic N) is 1. The van der Waals surface area contributed by atoms with Crippen molar-refractivity contribution in [3.8, 4) is 0 Å². The number of sulfonamides is 1. The molecule has 0 spiro atoms. The quantitative estimate of drug-likeness (QED) is 0.883. The maximum Gasteiger partial charge on any atom is 0.245 e. The molecule has 0 aliphatic rings. The first-order chi connectivity index (χ1) is 9.29. The van der Waals surface area contributed by atoms with Gasteiger partial charge < -0.3 is 0 Å². The molecule has 0 saturated carbocycles. The number of thiazole rings is 1. The smallest absolute Gasteiger partial charge is 0.245 e. The van der Waals surface area contributed by atoms with E-state index in [0.29, 0.717) is 11.1 Å². The first-order valence-electron chi connectivity index (χ1n) is 5.35. The molecule has 4 nitrogen and oxygen atoms in total. The van der Waals surface area contributed by atoms with Crippen LogP contribution in [0.5, 0.6) is 0 Å². The van der Waals surface area contributed by atoms with Gasteiger partial charge in [0.15, 0.2) is 0 Å². The molecule has 0 amide bonds. The number of nitrogens with one attached hydrogen (secondary N) is 1. The van der Waals surface area contributed by atoms with Gasteiger partial charge in [-0.1, -0.05) is 0 Å². The van der Waals surface area contributed by atoms with Crippen LogP contribution in [0.3, 0.4) is 0 Å². The van der Waals surface area contributed by atoms with Crippen LogP contribution in [0.1, 0.15) is 9.88 Å². The SMILES string of the molecule is Cc1cnc(CNS(=O)(=O)c2c(F)cc(F)cc2Br)s1. The lowest BCUT2D eigenvalue weighted by Gasteiger charge is -2.08. The van der Waals surface area contributed by atoms with Crippen molar-refractivity contribution in [1.82, 2.24) is 9.71 Å². The van der Waals surface area contributed by atoms with Gasteiger partial charge in [-0.05, 0) is 28.9 Å². The van der Waals surface area contributed by atoms with Crippen LogP contribution in [0.15, 0.2) is 27.7 Å². The third-order valence-corrected chi connectivity index (χ3v) is 5.59. The Kier molecular flexibility index (Phi) is 4.52. The number of halogens is 3. The third kappa shape index (κ3) is 3.40. The van der Waals surface area contributed by atoms with E-state index in [9.17, 15) is 17.2 Å². The summed E-state index contributed by atoms with van der Waals surface area (Å²) in [6.07, 6.45) is 1.61. The van der Waals surface area contributed by atoms with Gasteiger partial charge >= 0.3 is 0 Å². The highest BCUT2D eigenvalue weighted by Crippen LogP contribution is 2.26. The predicted octanol–water partition coefficient (Wildman–Crippen LogP) is 2.97. The fourth-order valence-corrected chi connectivity index (χ4v) is 4.47. The monoisotopic (exact) mass is 382 g/mol. The molecule has 9 heteroatoms. The summed E-state index contributed by atoms with van der Waals surface area (Å²) >= 11 is 4.18. The largest absolute Gasteiger partial charge is 0.248 e. The van der Waals surface area contributed by atoms with Crippen molar-refractivity contribution in [3.05, 3.63) is 44.3 Å². The van der Waals surface area contributed by atoms with Crippen molar-refractivity contribution in [2.45, 2.75) is 18.4 Å². The molecule has 0 unspecified atom stereocenters.